The molecule has 1 atom stereocenters. The first-order chi connectivity index (χ1) is 19.8. The molecule has 1 unspecified atom stereocenters. The van der Waals surface area contributed by atoms with Crippen molar-refractivity contribution in [3.8, 4) is 0 Å². The van der Waals surface area contributed by atoms with E-state index in [1.165, 1.54) is 10.1 Å². The molecule has 0 saturated carbocycles. The number of nitrogens with zero attached hydrogens (tertiary/aromatic N) is 5. The van der Waals surface area contributed by atoms with Crippen LogP contribution in [0.4, 0.5) is 16.3 Å². The third kappa shape index (κ3) is 6.86. The molecular weight excluding hydrogens is 566 g/mol. The third-order valence-electron chi connectivity index (χ3n) is 7.33. The molecule has 1 aromatic heterocycles. The van der Waals surface area contributed by atoms with Gasteiger partial charge in [0.1, 0.15) is 12.5 Å². The van der Waals surface area contributed by atoms with E-state index in [2.05, 4.69) is 40.1 Å². The molecule has 220 valence electrons. The molecule has 0 radical (unpaired) electrons. The summed E-state index contributed by atoms with van der Waals surface area (Å²) >= 11 is 8.32. The predicted molar refractivity (Wildman–Crippen MR) is 161 cm³/mol. The summed E-state index contributed by atoms with van der Waals surface area (Å²) in [4.78, 5) is 33.3. The second kappa shape index (κ2) is 13.2. The van der Waals surface area contributed by atoms with Crippen LogP contribution in [-0.4, -0.2) is 99.2 Å². The van der Waals surface area contributed by atoms with Crippen molar-refractivity contribution >= 4 is 56.8 Å². The van der Waals surface area contributed by atoms with Crippen molar-refractivity contribution in [1.29, 1.82) is 0 Å². The number of anilines is 2. The highest BCUT2D eigenvalue weighted by Crippen LogP contribution is 2.36. The van der Waals surface area contributed by atoms with E-state index in [0.717, 1.165) is 61.8 Å². The zero-order valence-corrected chi connectivity index (χ0v) is 25.2. The van der Waals surface area contributed by atoms with Gasteiger partial charge < -0.3 is 24.0 Å². The number of aromatic nitrogens is 1. The van der Waals surface area contributed by atoms with Crippen molar-refractivity contribution in [3.63, 3.8) is 0 Å². The van der Waals surface area contributed by atoms with Crippen molar-refractivity contribution in [1.82, 2.24) is 14.2 Å². The lowest BCUT2D eigenvalue weighted by molar-refractivity contribution is -0.154. The quantitative estimate of drug-likeness (QED) is 0.248. The largest absolute Gasteiger partial charge is 0.512 e. The van der Waals surface area contributed by atoms with Gasteiger partial charge >= 0.3 is 12.1 Å². The number of piperazine rings is 1. The maximum absolute atomic E-state index is 12.8. The Bertz CT molecular complexity index is 1380. The zero-order valence-electron chi connectivity index (χ0n) is 23.7. The molecule has 1 fully saturated rings. The molecule has 1 saturated heterocycles. The molecule has 10 nitrogen and oxygen atoms in total. The Hall–Kier alpha value is -3.12. The summed E-state index contributed by atoms with van der Waals surface area (Å²) < 4.78 is 21.6. The Morgan fingerprint density at radius 1 is 1.10 bits per heavy atom. The van der Waals surface area contributed by atoms with E-state index in [0.29, 0.717) is 18.0 Å². The Morgan fingerprint density at radius 3 is 2.63 bits per heavy atom. The smallest absolute Gasteiger partial charge is 0.462 e. The Kier molecular flexibility index (Phi) is 9.49. The van der Waals surface area contributed by atoms with Gasteiger partial charge in [-0.2, -0.15) is 4.37 Å². The number of halogens is 1. The van der Waals surface area contributed by atoms with Crippen LogP contribution in [0.5, 0.6) is 0 Å². The van der Waals surface area contributed by atoms with Crippen LogP contribution in [0.3, 0.4) is 0 Å². The average molecular weight is 602 g/mol. The lowest BCUT2D eigenvalue weighted by Gasteiger charge is -2.35. The van der Waals surface area contributed by atoms with E-state index in [1.54, 1.807) is 42.4 Å². The monoisotopic (exact) mass is 601 g/mol. The summed E-state index contributed by atoms with van der Waals surface area (Å²) in [7, 11) is 3.52. The SMILES string of the molecule is CCOC(=O)C(OC(=O)OCN(C)C)N1CCc2cc(CCN3CCN(c4nsc5ccccc45)CC3)c(Cl)cc21. The van der Waals surface area contributed by atoms with E-state index in [1.807, 2.05) is 6.07 Å². The molecule has 3 aromatic rings. The minimum absolute atomic E-state index is 0.0387. The van der Waals surface area contributed by atoms with E-state index in [9.17, 15) is 9.59 Å². The van der Waals surface area contributed by atoms with Crippen LogP contribution >= 0.6 is 23.1 Å². The topological polar surface area (TPSA) is 87.7 Å². The van der Waals surface area contributed by atoms with Crippen molar-refractivity contribution in [3.05, 3.63) is 52.5 Å². The van der Waals surface area contributed by atoms with Crippen molar-refractivity contribution in [2.24, 2.45) is 0 Å². The highest BCUT2D eigenvalue weighted by molar-refractivity contribution is 7.13. The molecule has 2 aromatic carbocycles. The molecule has 0 N–H and O–H groups in total. The number of esters is 1. The number of benzene rings is 2. The first-order valence-corrected chi connectivity index (χ1v) is 15.0. The number of hydrogen-bond acceptors (Lipinski definition) is 11. The van der Waals surface area contributed by atoms with Gasteiger partial charge in [-0.1, -0.05) is 29.8 Å². The fourth-order valence-electron chi connectivity index (χ4n) is 5.24. The number of rotatable bonds is 10. The summed E-state index contributed by atoms with van der Waals surface area (Å²) in [6.07, 6.45) is -0.665. The van der Waals surface area contributed by atoms with Gasteiger partial charge in [-0.05, 0) is 74.7 Å². The lowest BCUT2D eigenvalue weighted by Crippen LogP contribution is -2.47. The van der Waals surface area contributed by atoms with Crippen LogP contribution in [0, 0.1) is 0 Å². The fraction of sp³-hybridized carbons (Fsp3) is 0.483. The summed E-state index contributed by atoms with van der Waals surface area (Å²) in [6.45, 7) is 7.11. The van der Waals surface area contributed by atoms with Crippen LogP contribution in [0.1, 0.15) is 18.1 Å². The van der Waals surface area contributed by atoms with Crippen molar-refractivity contribution < 1.29 is 23.8 Å². The van der Waals surface area contributed by atoms with Gasteiger partial charge in [-0.15, -0.1) is 0 Å². The second-order valence-corrected chi connectivity index (χ2v) is 11.6. The van der Waals surface area contributed by atoms with Crippen LogP contribution in [0.15, 0.2) is 36.4 Å². The maximum Gasteiger partial charge on any atom is 0.512 e. The summed E-state index contributed by atoms with van der Waals surface area (Å²) in [6, 6.07) is 12.4. The summed E-state index contributed by atoms with van der Waals surface area (Å²) in [5, 5.41) is 1.85. The van der Waals surface area contributed by atoms with E-state index in [-0.39, 0.29) is 13.3 Å². The van der Waals surface area contributed by atoms with Gasteiger partial charge in [0.15, 0.2) is 0 Å². The van der Waals surface area contributed by atoms with Crippen LogP contribution < -0.4 is 9.80 Å². The van der Waals surface area contributed by atoms with Gasteiger partial charge in [0.05, 0.1) is 11.3 Å². The van der Waals surface area contributed by atoms with Gasteiger partial charge in [0, 0.05) is 55.4 Å². The number of hydrogen-bond donors (Lipinski definition) is 0. The standard InChI is InChI=1S/C29H36ClN5O5S/c1-4-38-28(36)27(40-29(37)39-19-32(2)3)35-12-10-21-17-20(23(30)18-24(21)35)9-11-33-13-15-34(16-14-33)26-22-7-5-6-8-25(22)41-31-26/h5-8,17-18,27H,4,9-16,19H2,1-3H3. The Morgan fingerprint density at radius 2 is 1.88 bits per heavy atom. The predicted octanol–water partition coefficient (Wildman–Crippen LogP) is 4.24. The van der Waals surface area contributed by atoms with Gasteiger partial charge in [0.25, 0.3) is 6.23 Å². The molecule has 12 heteroatoms. The summed E-state index contributed by atoms with van der Waals surface area (Å²) in [5.41, 5.74) is 2.89. The van der Waals surface area contributed by atoms with E-state index < -0.39 is 18.4 Å². The fourth-order valence-corrected chi connectivity index (χ4v) is 6.29. The molecule has 41 heavy (non-hydrogen) atoms. The minimum atomic E-state index is -1.25. The molecule has 5 rings (SSSR count). The third-order valence-corrected chi connectivity index (χ3v) is 8.50. The summed E-state index contributed by atoms with van der Waals surface area (Å²) in [5.74, 6) is 0.444. The average Bonchev–Trinajstić information content (AvgIpc) is 3.58. The van der Waals surface area contributed by atoms with Crippen molar-refractivity contribution in [2.75, 3.05) is 76.5 Å². The molecule has 0 bridgehead atoms. The zero-order chi connectivity index (χ0) is 28.9. The Balaban J connectivity index is 1.20. The Labute approximate surface area is 249 Å². The van der Waals surface area contributed by atoms with Gasteiger partial charge in [-0.25, -0.2) is 9.59 Å². The van der Waals surface area contributed by atoms with E-state index >= 15 is 0 Å². The van der Waals surface area contributed by atoms with Crippen molar-refractivity contribution in [2.45, 2.75) is 26.0 Å². The first kappa shape index (κ1) is 29.4. The van der Waals surface area contributed by atoms with Crippen LogP contribution in [0.25, 0.3) is 10.1 Å². The highest BCUT2D eigenvalue weighted by atomic mass is 35.5. The molecule has 2 aliphatic heterocycles. The molecule has 0 amide bonds. The second-order valence-electron chi connectivity index (χ2n) is 10.4. The van der Waals surface area contributed by atoms with E-state index in [4.69, 9.17) is 30.2 Å². The normalized spacial score (nSPS) is 16.2. The molecular formula is C29H36ClN5O5S. The number of ether oxygens (including phenoxy) is 3. The highest BCUT2D eigenvalue weighted by Gasteiger charge is 2.36. The lowest BCUT2D eigenvalue weighted by atomic mass is 10.1. The molecule has 2 aliphatic rings. The number of carbonyl (C=O) groups is 2. The molecule has 0 aliphatic carbocycles. The number of fused-ring (bicyclic) bond motifs is 2. The van der Waals surface area contributed by atoms with Gasteiger partial charge in [0.2, 0.25) is 0 Å². The number of carbonyl (C=O) groups excluding carboxylic acids is 2. The minimum Gasteiger partial charge on any atom is -0.462 e. The molecule has 3 heterocycles. The molecule has 0 spiro atoms. The van der Waals surface area contributed by atoms with Crippen LogP contribution in [-0.2, 0) is 31.8 Å². The van der Waals surface area contributed by atoms with Crippen LogP contribution in [0.2, 0.25) is 5.02 Å². The maximum atomic E-state index is 12.8. The van der Waals surface area contributed by atoms with Gasteiger partial charge in [-0.3, -0.25) is 9.80 Å². The first-order valence-electron chi connectivity index (χ1n) is 13.9.